The smallest absolute Gasteiger partial charge is 0.194 e. The van der Waals surface area contributed by atoms with Gasteiger partial charge in [-0.15, -0.1) is 26.3 Å². The standard InChI is InChI=1S/C14H8O2.2C2H4/c15-13-9-5-1-2-6-10(9)14(16)12-8-4-3-7-11(12)13;2*1-2/h1-8H;2*1-2H2. The lowest BCUT2D eigenvalue weighted by molar-refractivity contribution is 0.0979. The van der Waals surface area contributed by atoms with E-state index in [1.165, 1.54) is 0 Å². The fraction of sp³-hybridized carbons (Fsp3) is 0. The molecule has 3 rings (SSSR count). The number of fused-ring (bicyclic) bond motifs is 2. The van der Waals surface area contributed by atoms with E-state index in [-0.39, 0.29) is 11.6 Å². The van der Waals surface area contributed by atoms with Gasteiger partial charge in [-0.3, -0.25) is 9.59 Å². The van der Waals surface area contributed by atoms with Gasteiger partial charge in [0, 0.05) is 22.3 Å². The maximum absolute atomic E-state index is 12.1. The molecule has 0 spiro atoms. The third-order valence-corrected chi connectivity index (χ3v) is 2.83. The molecule has 0 N–H and O–H groups in total. The SMILES string of the molecule is C=C.C=C.O=C1c2ccccc2C(=O)c2ccccc21. The van der Waals surface area contributed by atoms with Crippen LogP contribution in [0.15, 0.2) is 74.8 Å². The molecule has 1 aliphatic rings. The summed E-state index contributed by atoms with van der Waals surface area (Å²) in [6, 6.07) is 13.9. The van der Waals surface area contributed by atoms with Crippen molar-refractivity contribution < 1.29 is 9.59 Å². The first-order valence-corrected chi connectivity index (χ1v) is 6.06. The number of rotatable bonds is 0. The summed E-state index contributed by atoms with van der Waals surface area (Å²) >= 11 is 0. The molecule has 0 bridgehead atoms. The minimum Gasteiger partial charge on any atom is -0.289 e. The van der Waals surface area contributed by atoms with Crippen LogP contribution in [0.1, 0.15) is 31.8 Å². The summed E-state index contributed by atoms with van der Waals surface area (Å²) < 4.78 is 0. The number of carbonyl (C=O) groups is 2. The summed E-state index contributed by atoms with van der Waals surface area (Å²) in [5.74, 6) is -0.128. The molecule has 0 radical (unpaired) electrons. The zero-order chi connectivity index (χ0) is 15.1. The number of benzene rings is 2. The van der Waals surface area contributed by atoms with Gasteiger partial charge in [0.05, 0.1) is 0 Å². The highest BCUT2D eigenvalue weighted by Gasteiger charge is 2.28. The third kappa shape index (κ3) is 2.50. The highest BCUT2D eigenvalue weighted by molar-refractivity contribution is 6.28. The number of hydrogen-bond acceptors (Lipinski definition) is 2. The first kappa shape index (κ1) is 15.3. The molecular formula is C18H16O2. The van der Waals surface area contributed by atoms with E-state index >= 15 is 0 Å². The van der Waals surface area contributed by atoms with E-state index < -0.39 is 0 Å². The van der Waals surface area contributed by atoms with Crippen molar-refractivity contribution >= 4 is 11.6 Å². The Kier molecular flexibility index (Phi) is 5.36. The number of ketones is 2. The van der Waals surface area contributed by atoms with Crippen LogP contribution in [0, 0.1) is 0 Å². The molecule has 2 aromatic rings. The summed E-state index contributed by atoms with van der Waals surface area (Å²) in [7, 11) is 0. The number of hydrogen-bond donors (Lipinski definition) is 0. The van der Waals surface area contributed by atoms with Gasteiger partial charge in [-0.1, -0.05) is 48.5 Å². The van der Waals surface area contributed by atoms with Crippen LogP contribution in [0.4, 0.5) is 0 Å². The van der Waals surface area contributed by atoms with Crippen molar-refractivity contribution in [2.75, 3.05) is 0 Å². The first-order valence-electron chi connectivity index (χ1n) is 6.06. The van der Waals surface area contributed by atoms with E-state index in [0.29, 0.717) is 22.3 Å². The van der Waals surface area contributed by atoms with Crippen molar-refractivity contribution in [1.29, 1.82) is 0 Å². The fourth-order valence-corrected chi connectivity index (χ4v) is 2.05. The van der Waals surface area contributed by atoms with Crippen LogP contribution in [0.2, 0.25) is 0 Å². The van der Waals surface area contributed by atoms with E-state index in [1.807, 2.05) is 0 Å². The lowest BCUT2D eigenvalue weighted by Gasteiger charge is -2.16. The molecule has 0 fully saturated rings. The Bertz CT molecular complexity index is 534. The van der Waals surface area contributed by atoms with Crippen LogP contribution < -0.4 is 0 Å². The van der Waals surface area contributed by atoms with Crippen LogP contribution in [0.3, 0.4) is 0 Å². The summed E-state index contributed by atoms with van der Waals surface area (Å²) in [6.07, 6.45) is 0. The van der Waals surface area contributed by atoms with Gasteiger partial charge in [-0.2, -0.15) is 0 Å². The van der Waals surface area contributed by atoms with Crippen LogP contribution in [-0.2, 0) is 0 Å². The molecule has 1 aliphatic carbocycles. The summed E-state index contributed by atoms with van der Waals surface area (Å²) in [6.45, 7) is 12.0. The van der Waals surface area contributed by atoms with Crippen molar-refractivity contribution in [1.82, 2.24) is 0 Å². The molecule has 2 nitrogen and oxygen atoms in total. The Balaban J connectivity index is 0.000000461. The summed E-state index contributed by atoms with van der Waals surface area (Å²) in [5.41, 5.74) is 2.02. The van der Waals surface area contributed by atoms with Gasteiger partial charge in [0.1, 0.15) is 0 Å². The van der Waals surface area contributed by atoms with Gasteiger partial charge in [0.25, 0.3) is 0 Å². The molecular weight excluding hydrogens is 248 g/mol. The Morgan fingerprint density at radius 1 is 0.500 bits per heavy atom. The largest absolute Gasteiger partial charge is 0.289 e. The van der Waals surface area contributed by atoms with Crippen molar-refractivity contribution in [3.05, 3.63) is 97.1 Å². The molecule has 100 valence electrons. The van der Waals surface area contributed by atoms with E-state index in [4.69, 9.17) is 0 Å². The van der Waals surface area contributed by atoms with Crippen molar-refractivity contribution in [3.63, 3.8) is 0 Å². The van der Waals surface area contributed by atoms with Gasteiger partial charge in [-0.25, -0.2) is 0 Å². The number of carbonyl (C=O) groups excluding carboxylic acids is 2. The lowest BCUT2D eigenvalue weighted by atomic mass is 9.84. The Labute approximate surface area is 119 Å². The van der Waals surface area contributed by atoms with E-state index in [0.717, 1.165) is 0 Å². The van der Waals surface area contributed by atoms with Gasteiger partial charge in [-0.05, 0) is 0 Å². The predicted molar refractivity (Wildman–Crippen MR) is 82.3 cm³/mol. The average Bonchev–Trinajstić information content (AvgIpc) is 2.56. The second-order valence-corrected chi connectivity index (χ2v) is 3.75. The normalized spacial score (nSPS) is 11.0. The second kappa shape index (κ2) is 7.00. The molecule has 0 saturated heterocycles. The van der Waals surface area contributed by atoms with Crippen molar-refractivity contribution in [2.24, 2.45) is 0 Å². The van der Waals surface area contributed by atoms with Crippen molar-refractivity contribution in [2.45, 2.75) is 0 Å². The Morgan fingerprint density at radius 3 is 0.900 bits per heavy atom. The van der Waals surface area contributed by atoms with Gasteiger partial charge in [0.15, 0.2) is 11.6 Å². The molecule has 0 amide bonds. The Hall–Kier alpha value is -2.74. The maximum atomic E-state index is 12.1. The third-order valence-electron chi connectivity index (χ3n) is 2.83. The van der Waals surface area contributed by atoms with E-state index in [1.54, 1.807) is 48.5 Å². The molecule has 2 heteroatoms. The minimum atomic E-state index is -0.0641. The molecule has 2 aromatic carbocycles. The van der Waals surface area contributed by atoms with Gasteiger partial charge < -0.3 is 0 Å². The fourth-order valence-electron chi connectivity index (χ4n) is 2.05. The summed E-state index contributed by atoms with van der Waals surface area (Å²) in [5, 5.41) is 0. The molecule has 20 heavy (non-hydrogen) atoms. The van der Waals surface area contributed by atoms with E-state index in [2.05, 4.69) is 26.3 Å². The average molecular weight is 264 g/mol. The minimum absolute atomic E-state index is 0.0641. The van der Waals surface area contributed by atoms with Crippen LogP contribution in [-0.4, -0.2) is 11.6 Å². The topological polar surface area (TPSA) is 34.1 Å². The zero-order valence-electron chi connectivity index (χ0n) is 11.3. The molecule has 0 atom stereocenters. The predicted octanol–water partition coefficient (Wildman–Crippen LogP) is 4.07. The monoisotopic (exact) mass is 264 g/mol. The summed E-state index contributed by atoms with van der Waals surface area (Å²) in [4.78, 5) is 24.2. The van der Waals surface area contributed by atoms with Crippen LogP contribution in [0.5, 0.6) is 0 Å². The Morgan fingerprint density at radius 2 is 0.700 bits per heavy atom. The molecule has 0 heterocycles. The molecule has 0 aliphatic heterocycles. The van der Waals surface area contributed by atoms with E-state index in [9.17, 15) is 9.59 Å². The first-order chi connectivity index (χ1) is 9.79. The highest BCUT2D eigenvalue weighted by atomic mass is 16.1. The maximum Gasteiger partial charge on any atom is 0.194 e. The van der Waals surface area contributed by atoms with Gasteiger partial charge in [0.2, 0.25) is 0 Å². The zero-order valence-corrected chi connectivity index (χ0v) is 11.3. The van der Waals surface area contributed by atoms with Crippen molar-refractivity contribution in [3.8, 4) is 0 Å². The molecule has 0 aromatic heterocycles. The highest BCUT2D eigenvalue weighted by Crippen LogP contribution is 2.26. The lowest BCUT2D eigenvalue weighted by Crippen LogP contribution is -2.20. The quantitative estimate of drug-likeness (QED) is 0.574. The van der Waals surface area contributed by atoms with Crippen LogP contribution in [0.25, 0.3) is 0 Å². The van der Waals surface area contributed by atoms with Crippen LogP contribution >= 0.6 is 0 Å². The second-order valence-electron chi connectivity index (χ2n) is 3.75. The van der Waals surface area contributed by atoms with Gasteiger partial charge >= 0.3 is 0 Å². The molecule has 0 unspecified atom stereocenters. The molecule has 0 saturated carbocycles.